The summed E-state index contributed by atoms with van der Waals surface area (Å²) in [6, 6.07) is 3.03. The van der Waals surface area contributed by atoms with Crippen LogP contribution in [0.25, 0.3) is 6.08 Å². The molecule has 2 aliphatic rings. The Labute approximate surface area is 139 Å². The molecule has 1 aliphatic heterocycles. The zero-order valence-electron chi connectivity index (χ0n) is 13.5. The van der Waals surface area contributed by atoms with Crippen molar-refractivity contribution < 1.29 is 19.2 Å². The molecular weight excluding hydrogens is 312 g/mol. The lowest BCUT2D eigenvalue weighted by Crippen LogP contribution is -2.36. The van der Waals surface area contributed by atoms with Crippen molar-refractivity contribution in [1.82, 2.24) is 5.32 Å². The maximum absolute atomic E-state index is 12.1. The van der Waals surface area contributed by atoms with Gasteiger partial charge in [-0.15, -0.1) is 0 Å². The van der Waals surface area contributed by atoms with Crippen LogP contribution >= 0.6 is 0 Å². The van der Waals surface area contributed by atoms with Crippen LogP contribution in [-0.2, 0) is 4.79 Å². The summed E-state index contributed by atoms with van der Waals surface area (Å²) in [6.45, 7) is 2.26. The summed E-state index contributed by atoms with van der Waals surface area (Å²) >= 11 is 0. The number of carbonyl (C=O) groups is 1. The molecular formula is C17H20N2O5. The predicted molar refractivity (Wildman–Crippen MR) is 87.8 cm³/mol. The highest BCUT2D eigenvalue weighted by Gasteiger charge is 2.22. The first-order valence-electron chi connectivity index (χ1n) is 8.09. The average molecular weight is 332 g/mol. The molecule has 1 amide bonds. The van der Waals surface area contributed by atoms with Crippen molar-refractivity contribution >= 4 is 17.7 Å². The van der Waals surface area contributed by atoms with Gasteiger partial charge >= 0.3 is 0 Å². The molecule has 0 atom stereocenters. The smallest absolute Gasteiger partial charge is 0.280 e. The molecule has 1 N–H and O–H groups in total. The van der Waals surface area contributed by atoms with Crippen molar-refractivity contribution in [2.24, 2.45) is 5.92 Å². The average Bonchev–Trinajstić information content (AvgIpc) is 3.01. The highest BCUT2D eigenvalue weighted by molar-refractivity contribution is 5.92. The zero-order valence-corrected chi connectivity index (χ0v) is 13.5. The van der Waals surface area contributed by atoms with Gasteiger partial charge in [0.2, 0.25) is 12.7 Å². The number of hydrogen-bond acceptors (Lipinski definition) is 5. The van der Waals surface area contributed by atoms with Crippen LogP contribution in [0, 0.1) is 16.0 Å². The van der Waals surface area contributed by atoms with Gasteiger partial charge in [-0.3, -0.25) is 14.9 Å². The topological polar surface area (TPSA) is 90.7 Å². The molecule has 128 valence electrons. The second kappa shape index (κ2) is 6.90. The number of benzene rings is 1. The molecule has 1 aromatic carbocycles. The van der Waals surface area contributed by atoms with E-state index in [1.807, 2.05) is 0 Å². The Morgan fingerprint density at radius 1 is 1.25 bits per heavy atom. The third-order valence-corrected chi connectivity index (χ3v) is 4.50. The SMILES string of the molecule is CC1CCC(NC(=O)/C=C/c2cc3c(cc2[N+](=O)[O-])OCO3)CC1. The van der Waals surface area contributed by atoms with Crippen LogP contribution in [0.4, 0.5) is 5.69 Å². The van der Waals surface area contributed by atoms with Gasteiger partial charge < -0.3 is 14.8 Å². The van der Waals surface area contributed by atoms with Crippen molar-refractivity contribution in [3.8, 4) is 11.5 Å². The Morgan fingerprint density at radius 2 is 1.92 bits per heavy atom. The van der Waals surface area contributed by atoms with E-state index in [1.165, 1.54) is 24.3 Å². The van der Waals surface area contributed by atoms with E-state index in [0.717, 1.165) is 25.7 Å². The molecule has 7 nitrogen and oxygen atoms in total. The fourth-order valence-electron chi connectivity index (χ4n) is 3.06. The van der Waals surface area contributed by atoms with Gasteiger partial charge in [-0.2, -0.15) is 0 Å². The van der Waals surface area contributed by atoms with Gasteiger partial charge in [-0.1, -0.05) is 6.92 Å². The van der Waals surface area contributed by atoms with Crippen LogP contribution in [-0.4, -0.2) is 23.7 Å². The molecule has 7 heteroatoms. The standard InChI is InChI=1S/C17H20N2O5/c1-11-2-5-13(6-3-11)18-17(20)7-4-12-8-15-16(24-10-23-15)9-14(12)19(21)22/h4,7-9,11,13H,2-3,5-6,10H2,1H3,(H,18,20)/b7-4+. The summed E-state index contributed by atoms with van der Waals surface area (Å²) in [5.74, 6) is 1.27. The number of amides is 1. The highest BCUT2D eigenvalue weighted by Crippen LogP contribution is 2.38. The monoisotopic (exact) mass is 332 g/mol. The van der Waals surface area contributed by atoms with Crippen LogP contribution in [0.15, 0.2) is 18.2 Å². The summed E-state index contributed by atoms with van der Waals surface area (Å²) < 4.78 is 10.4. The maximum atomic E-state index is 12.1. The molecule has 0 spiro atoms. The Morgan fingerprint density at radius 3 is 2.58 bits per heavy atom. The summed E-state index contributed by atoms with van der Waals surface area (Å²) in [4.78, 5) is 22.7. The van der Waals surface area contributed by atoms with Gasteiger partial charge in [0.1, 0.15) is 0 Å². The first kappa shape index (κ1) is 16.3. The number of hydrogen-bond donors (Lipinski definition) is 1. The van der Waals surface area contributed by atoms with Crippen LogP contribution in [0.5, 0.6) is 11.5 Å². The lowest BCUT2D eigenvalue weighted by molar-refractivity contribution is -0.385. The minimum atomic E-state index is -0.498. The predicted octanol–water partition coefficient (Wildman–Crippen LogP) is 3.03. The van der Waals surface area contributed by atoms with E-state index >= 15 is 0 Å². The molecule has 3 rings (SSSR count). The Kier molecular flexibility index (Phi) is 4.69. The zero-order chi connectivity index (χ0) is 17.1. The molecule has 0 saturated heterocycles. The third-order valence-electron chi connectivity index (χ3n) is 4.50. The molecule has 1 saturated carbocycles. The van der Waals surface area contributed by atoms with E-state index in [1.54, 1.807) is 0 Å². The van der Waals surface area contributed by atoms with Crippen LogP contribution in [0.2, 0.25) is 0 Å². The summed E-state index contributed by atoms with van der Waals surface area (Å²) in [5.41, 5.74) is 0.200. The number of nitrogens with zero attached hydrogens (tertiary/aromatic N) is 1. The molecule has 24 heavy (non-hydrogen) atoms. The van der Waals surface area contributed by atoms with Crippen molar-refractivity contribution in [3.05, 3.63) is 33.9 Å². The Balaban J connectivity index is 1.69. The summed E-state index contributed by atoms with van der Waals surface area (Å²) in [5, 5.41) is 14.1. The molecule has 0 bridgehead atoms. The summed E-state index contributed by atoms with van der Waals surface area (Å²) in [6.07, 6.45) is 6.96. The van der Waals surface area contributed by atoms with Crippen molar-refractivity contribution in [2.45, 2.75) is 38.6 Å². The first-order chi connectivity index (χ1) is 11.5. The molecule has 0 unspecified atom stereocenters. The fraction of sp³-hybridized carbons (Fsp3) is 0.471. The largest absolute Gasteiger partial charge is 0.454 e. The lowest BCUT2D eigenvalue weighted by atomic mass is 9.87. The quantitative estimate of drug-likeness (QED) is 0.520. The van der Waals surface area contributed by atoms with Crippen LogP contribution in [0.1, 0.15) is 38.2 Å². The second-order valence-corrected chi connectivity index (χ2v) is 6.32. The van der Waals surface area contributed by atoms with Crippen LogP contribution < -0.4 is 14.8 Å². The molecule has 1 heterocycles. The fourth-order valence-corrected chi connectivity index (χ4v) is 3.06. The van der Waals surface area contributed by atoms with Gasteiger partial charge in [0.15, 0.2) is 11.5 Å². The Bertz CT molecular complexity index is 678. The minimum Gasteiger partial charge on any atom is -0.454 e. The van der Waals surface area contributed by atoms with Gasteiger partial charge in [0.25, 0.3) is 5.69 Å². The maximum Gasteiger partial charge on any atom is 0.280 e. The van der Waals surface area contributed by atoms with Gasteiger partial charge in [-0.05, 0) is 43.7 Å². The molecule has 0 aromatic heterocycles. The van der Waals surface area contributed by atoms with Crippen LogP contribution in [0.3, 0.4) is 0 Å². The van der Waals surface area contributed by atoms with Gasteiger partial charge in [-0.25, -0.2) is 0 Å². The normalized spacial score (nSPS) is 22.5. The molecule has 1 aliphatic carbocycles. The number of ether oxygens (including phenoxy) is 2. The second-order valence-electron chi connectivity index (χ2n) is 6.32. The number of carbonyl (C=O) groups excluding carboxylic acids is 1. The molecule has 0 radical (unpaired) electrons. The van der Waals surface area contributed by atoms with E-state index < -0.39 is 4.92 Å². The number of nitrogens with one attached hydrogen (secondary N) is 1. The third kappa shape index (κ3) is 3.67. The van der Waals surface area contributed by atoms with Crippen molar-refractivity contribution in [2.75, 3.05) is 6.79 Å². The van der Waals surface area contributed by atoms with E-state index in [4.69, 9.17) is 9.47 Å². The van der Waals surface area contributed by atoms with Gasteiger partial charge in [0, 0.05) is 12.1 Å². The number of rotatable bonds is 4. The number of nitro groups is 1. The van der Waals surface area contributed by atoms with Gasteiger partial charge in [0.05, 0.1) is 16.6 Å². The first-order valence-corrected chi connectivity index (χ1v) is 8.09. The van der Waals surface area contributed by atoms with Crippen molar-refractivity contribution in [3.63, 3.8) is 0 Å². The van der Waals surface area contributed by atoms with E-state index in [2.05, 4.69) is 12.2 Å². The highest BCUT2D eigenvalue weighted by atomic mass is 16.7. The molecule has 1 aromatic rings. The number of nitro benzene ring substituents is 1. The molecule has 1 fully saturated rings. The number of fused-ring (bicyclic) bond motifs is 1. The van der Waals surface area contributed by atoms with E-state index in [0.29, 0.717) is 23.0 Å². The van der Waals surface area contributed by atoms with E-state index in [9.17, 15) is 14.9 Å². The summed E-state index contributed by atoms with van der Waals surface area (Å²) in [7, 11) is 0. The van der Waals surface area contributed by atoms with Crippen molar-refractivity contribution in [1.29, 1.82) is 0 Å². The minimum absolute atomic E-state index is 0.0419. The van der Waals surface area contributed by atoms with E-state index in [-0.39, 0.29) is 24.4 Å². The Hall–Kier alpha value is -2.57. The lowest BCUT2D eigenvalue weighted by Gasteiger charge is -2.26.